The summed E-state index contributed by atoms with van der Waals surface area (Å²) in [7, 11) is 0. The van der Waals surface area contributed by atoms with Gasteiger partial charge in [0.05, 0.1) is 11.0 Å². The number of hydrogen-bond acceptors (Lipinski definition) is 1. The van der Waals surface area contributed by atoms with Crippen molar-refractivity contribution in [2.24, 2.45) is 0 Å². The number of aromatic nitrogens is 1. The number of rotatable bonds is 1. The van der Waals surface area contributed by atoms with Crippen LogP contribution in [0.2, 0.25) is 0 Å². The summed E-state index contributed by atoms with van der Waals surface area (Å²) >= 11 is 0. The second-order valence-electron chi connectivity index (χ2n) is 12.4. The number of anilines is 2. The average molecular weight is 502 g/mol. The summed E-state index contributed by atoms with van der Waals surface area (Å²) in [6.45, 7) is 11.5. The van der Waals surface area contributed by atoms with E-state index in [4.69, 9.17) is 0 Å². The molecule has 39 heavy (non-hydrogen) atoms. The first-order valence-corrected chi connectivity index (χ1v) is 14.0. The Kier molecular flexibility index (Phi) is 4.47. The van der Waals surface area contributed by atoms with Crippen LogP contribution in [0.4, 0.5) is 11.4 Å². The van der Waals surface area contributed by atoms with E-state index in [-0.39, 0.29) is 12.3 Å². The Balaban J connectivity index is 1.56. The highest BCUT2D eigenvalue weighted by Crippen LogP contribution is 2.45. The predicted molar refractivity (Wildman–Crippen MR) is 168 cm³/mol. The molecule has 8 rings (SSSR count). The molecule has 188 valence electrons. The van der Waals surface area contributed by atoms with Crippen molar-refractivity contribution in [2.45, 2.75) is 40.0 Å². The van der Waals surface area contributed by atoms with Crippen molar-refractivity contribution in [3.05, 3.63) is 114 Å². The third kappa shape index (κ3) is 2.99. The summed E-state index contributed by atoms with van der Waals surface area (Å²) in [5.74, 6) is 0. The predicted octanol–water partition coefficient (Wildman–Crippen LogP) is 7.94. The molecule has 0 N–H and O–H groups in total. The summed E-state index contributed by atoms with van der Waals surface area (Å²) in [6, 6.07) is 36.6. The van der Waals surface area contributed by atoms with Crippen LogP contribution in [0.5, 0.6) is 0 Å². The third-order valence-corrected chi connectivity index (χ3v) is 8.85. The van der Waals surface area contributed by atoms with Gasteiger partial charge in [0, 0.05) is 33.4 Å². The van der Waals surface area contributed by atoms with Gasteiger partial charge in [-0.25, -0.2) is 0 Å². The molecule has 2 aliphatic rings. The second kappa shape index (κ2) is 7.67. The van der Waals surface area contributed by atoms with Crippen LogP contribution < -0.4 is 15.7 Å². The first kappa shape index (κ1) is 22.7. The Bertz CT molecular complexity index is 1970. The minimum absolute atomic E-state index is 0.0721. The van der Waals surface area contributed by atoms with Crippen molar-refractivity contribution in [3.63, 3.8) is 0 Å². The highest BCUT2D eigenvalue weighted by molar-refractivity contribution is 6.93. The molecule has 5 aromatic carbocycles. The highest BCUT2D eigenvalue weighted by Gasteiger charge is 2.43. The molecule has 0 radical (unpaired) electrons. The lowest BCUT2D eigenvalue weighted by molar-refractivity contribution is 0.590. The number of aryl methyl sites for hydroxylation is 2. The summed E-state index contributed by atoms with van der Waals surface area (Å²) in [5, 5.41) is 2.69. The van der Waals surface area contributed by atoms with Crippen LogP contribution in [0.15, 0.2) is 97.1 Å². The zero-order valence-electron chi connectivity index (χ0n) is 23.2. The van der Waals surface area contributed by atoms with Gasteiger partial charge in [-0.15, -0.1) is 0 Å². The first-order valence-electron chi connectivity index (χ1n) is 14.0. The Morgan fingerprint density at radius 3 is 2.23 bits per heavy atom. The molecule has 0 saturated carbocycles. The number of fused-ring (bicyclic) bond motifs is 7. The molecule has 0 saturated heterocycles. The average Bonchev–Trinajstić information content (AvgIpc) is 3.26. The summed E-state index contributed by atoms with van der Waals surface area (Å²) in [5.41, 5.74) is 16.0. The summed E-state index contributed by atoms with van der Waals surface area (Å²) in [4.78, 5) is 2.58. The molecule has 0 unspecified atom stereocenters. The fourth-order valence-corrected chi connectivity index (χ4v) is 7.20. The number of hydrogen-bond donors (Lipinski definition) is 0. The molecule has 0 spiro atoms. The monoisotopic (exact) mass is 502 g/mol. The molecule has 0 atom stereocenters. The van der Waals surface area contributed by atoms with Gasteiger partial charge in [0.2, 0.25) is 0 Å². The molecule has 3 heteroatoms. The number of nitrogens with zero attached hydrogens (tertiary/aromatic N) is 2. The van der Waals surface area contributed by atoms with Crippen LogP contribution in [0.25, 0.3) is 38.6 Å². The Labute approximate surface area is 230 Å². The van der Waals surface area contributed by atoms with E-state index in [9.17, 15) is 0 Å². The van der Waals surface area contributed by atoms with E-state index in [2.05, 4.69) is 141 Å². The van der Waals surface area contributed by atoms with Crippen molar-refractivity contribution in [3.8, 4) is 16.8 Å². The molecule has 1 aromatic heterocycles. The topological polar surface area (TPSA) is 8.17 Å². The van der Waals surface area contributed by atoms with Crippen molar-refractivity contribution in [1.29, 1.82) is 0 Å². The van der Waals surface area contributed by atoms with Gasteiger partial charge in [0.25, 0.3) is 0 Å². The lowest BCUT2D eigenvalue weighted by Gasteiger charge is -2.42. The lowest BCUT2D eigenvalue weighted by Crippen LogP contribution is -2.60. The van der Waals surface area contributed by atoms with Crippen molar-refractivity contribution in [1.82, 2.24) is 4.57 Å². The smallest absolute Gasteiger partial charge is 0.333 e. The maximum Gasteiger partial charge on any atom is 0.333 e. The standard InChI is InChI=1S/C36H31BN2/c1-22-19-23(2)34-29(20-22)27-14-9-15-30-35(27)38(34)32-16-10-13-26-28-21-24(36(3,4)5)17-18-31(28)39(37(30)33(26)32)25-11-7-6-8-12-25/h6-21H,1-5H3. The fraction of sp³-hybridized carbons (Fsp3) is 0.167. The van der Waals surface area contributed by atoms with Gasteiger partial charge in [-0.2, -0.15) is 0 Å². The molecule has 0 bridgehead atoms. The first-order chi connectivity index (χ1) is 18.8. The third-order valence-electron chi connectivity index (χ3n) is 8.85. The zero-order chi connectivity index (χ0) is 26.6. The molecule has 0 fully saturated rings. The molecule has 2 aliphatic heterocycles. The molecule has 3 heterocycles. The van der Waals surface area contributed by atoms with Gasteiger partial charge in [-0.1, -0.05) is 87.0 Å². The highest BCUT2D eigenvalue weighted by atomic mass is 15.1. The molecule has 2 nitrogen and oxygen atoms in total. The number of benzene rings is 5. The lowest BCUT2D eigenvalue weighted by atomic mass is 9.44. The van der Waals surface area contributed by atoms with Gasteiger partial charge in [0.1, 0.15) is 0 Å². The van der Waals surface area contributed by atoms with Gasteiger partial charge >= 0.3 is 6.85 Å². The van der Waals surface area contributed by atoms with Crippen LogP contribution in [-0.2, 0) is 5.41 Å². The van der Waals surface area contributed by atoms with Crippen LogP contribution in [0, 0.1) is 13.8 Å². The van der Waals surface area contributed by atoms with Crippen molar-refractivity contribution >= 4 is 51.0 Å². The summed E-state index contributed by atoms with van der Waals surface area (Å²) < 4.78 is 2.56. The van der Waals surface area contributed by atoms with Crippen LogP contribution in [-0.4, -0.2) is 11.4 Å². The van der Waals surface area contributed by atoms with Gasteiger partial charge in [-0.3, -0.25) is 0 Å². The van der Waals surface area contributed by atoms with E-state index >= 15 is 0 Å². The van der Waals surface area contributed by atoms with Gasteiger partial charge in [-0.05, 0) is 83.3 Å². The van der Waals surface area contributed by atoms with E-state index in [0.717, 1.165) is 0 Å². The zero-order valence-corrected chi connectivity index (χ0v) is 23.2. The maximum atomic E-state index is 2.58. The Morgan fingerprint density at radius 1 is 0.641 bits per heavy atom. The molecule has 6 aromatic rings. The SMILES string of the molecule is Cc1cc(C)c2c(c1)c1cccc3c1n2-c1cccc2c1B3N(c1ccccc1)c1ccc(C(C)(C)C)cc1-2. The van der Waals surface area contributed by atoms with E-state index < -0.39 is 0 Å². The minimum atomic E-state index is 0.0721. The van der Waals surface area contributed by atoms with Crippen LogP contribution >= 0.6 is 0 Å². The van der Waals surface area contributed by atoms with Gasteiger partial charge < -0.3 is 9.38 Å². The number of para-hydroxylation sites is 2. The Morgan fingerprint density at radius 2 is 1.44 bits per heavy atom. The largest absolute Gasteiger partial charge is 0.376 e. The van der Waals surface area contributed by atoms with E-state index in [0.29, 0.717) is 0 Å². The second-order valence-corrected chi connectivity index (χ2v) is 12.4. The van der Waals surface area contributed by atoms with E-state index in [1.807, 2.05) is 0 Å². The van der Waals surface area contributed by atoms with E-state index in [1.165, 1.54) is 77.6 Å². The van der Waals surface area contributed by atoms with Crippen molar-refractivity contribution in [2.75, 3.05) is 4.81 Å². The fourth-order valence-electron chi connectivity index (χ4n) is 7.20. The Hall–Kier alpha value is -4.24. The maximum absolute atomic E-state index is 2.58. The minimum Gasteiger partial charge on any atom is -0.376 e. The van der Waals surface area contributed by atoms with Crippen LogP contribution in [0.1, 0.15) is 37.5 Å². The quantitative estimate of drug-likeness (QED) is 0.207. The van der Waals surface area contributed by atoms with E-state index in [1.54, 1.807) is 0 Å². The molecule has 0 aliphatic carbocycles. The molecule has 0 amide bonds. The van der Waals surface area contributed by atoms with Gasteiger partial charge in [0.15, 0.2) is 0 Å². The summed E-state index contributed by atoms with van der Waals surface area (Å²) in [6.07, 6.45) is 0. The van der Waals surface area contributed by atoms with Crippen molar-refractivity contribution < 1.29 is 0 Å². The normalized spacial score (nSPS) is 13.7. The van der Waals surface area contributed by atoms with Crippen LogP contribution in [0.3, 0.4) is 0 Å². The molecular weight excluding hydrogens is 471 g/mol. The molecular formula is C36H31BN2.